The predicted molar refractivity (Wildman–Crippen MR) is 76.9 cm³/mol. The third-order valence-corrected chi connectivity index (χ3v) is 3.27. The molecule has 2 unspecified atom stereocenters. The molecule has 2 rings (SSSR count). The van der Waals surface area contributed by atoms with Crippen LogP contribution in [0.4, 0.5) is 0 Å². The first-order chi connectivity index (χ1) is 10.4. The summed E-state index contributed by atoms with van der Waals surface area (Å²) in [5.74, 6) is -2.51. The molecule has 0 aromatic heterocycles. The Hall–Kier alpha value is -1.92. The topological polar surface area (TPSA) is 82.1 Å². The third kappa shape index (κ3) is 4.82. The number of carboxylic acids is 1. The number of carbonyl (C=O) groups excluding carboxylic acids is 1. The van der Waals surface area contributed by atoms with Crippen LogP contribution >= 0.6 is 0 Å². The van der Waals surface area contributed by atoms with Crippen molar-refractivity contribution in [3.05, 3.63) is 35.9 Å². The summed E-state index contributed by atoms with van der Waals surface area (Å²) in [6.07, 6.45) is -1.38. The van der Waals surface area contributed by atoms with E-state index in [1.165, 1.54) is 0 Å². The molecule has 0 bridgehead atoms. The first-order valence-corrected chi connectivity index (χ1v) is 7.14. The van der Waals surface area contributed by atoms with Crippen molar-refractivity contribution in [1.29, 1.82) is 0 Å². The summed E-state index contributed by atoms with van der Waals surface area (Å²) in [6, 6.07) is 9.34. The smallest absolute Gasteiger partial charge is 0.333 e. The van der Waals surface area contributed by atoms with Crippen LogP contribution in [-0.2, 0) is 30.4 Å². The van der Waals surface area contributed by atoms with Gasteiger partial charge < -0.3 is 19.3 Å². The van der Waals surface area contributed by atoms with Crippen molar-refractivity contribution in [3.63, 3.8) is 0 Å². The van der Waals surface area contributed by atoms with E-state index >= 15 is 0 Å². The zero-order valence-corrected chi connectivity index (χ0v) is 12.7. The first-order valence-electron chi connectivity index (χ1n) is 7.14. The third-order valence-electron chi connectivity index (χ3n) is 3.27. The summed E-state index contributed by atoms with van der Waals surface area (Å²) < 4.78 is 16.1. The fourth-order valence-electron chi connectivity index (χ4n) is 2.37. The van der Waals surface area contributed by atoms with Gasteiger partial charge in [0.15, 0.2) is 11.9 Å². The van der Waals surface area contributed by atoms with Crippen LogP contribution in [0.5, 0.6) is 0 Å². The molecule has 1 aliphatic heterocycles. The monoisotopic (exact) mass is 308 g/mol. The lowest BCUT2D eigenvalue weighted by Crippen LogP contribution is -2.48. The van der Waals surface area contributed by atoms with Crippen molar-refractivity contribution in [2.24, 2.45) is 0 Å². The molecule has 1 heterocycles. The van der Waals surface area contributed by atoms with Crippen molar-refractivity contribution >= 4 is 11.9 Å². The van der Waals surface area contributed by atoms with Gasteiger partial charge in [-0.05, 0) is 19.4 Å². The van der Waals surface area contributed by atoms with Crippen LogP contribution in [0.2, 0.25) is 0 Å². The van der Waals surface area contributed by atoms with Crippen molar-refractivity contribution in [2.75, 3.05) is 0 Å². The van der Waals surface area contributed by atoms with Gasteiger partial charge in [0.1, 0.15) is 6.61 Å². The minimum atomic E-state index is -1.06. The fourth-order valence-corrected chi connectivity index (χ4v) is 2.37. The normalized spacial score (nSPS) is 23.7. The summed E-state index contributed by atoms with van der Waals surface area (Å²) in [5.41, 5.74) is 0.896. The Morgan fingerprint density at radius 1 is 1.27 bits per heavy atom. The molecule has 0 aliphatic carbocycles. The van der Waals surface area contributed by atoms with E-state index in [4.69, 9.17) is 19.3 Å². The van der Waals surface area contributed by atoms with Crippen molar-refractivity contribution in [1.82, 2.24) is 0 Å². The Labute approximate surface area is 129 Å². The minimum Gasteiger partial charge on any atom is -0.479 e. The number of rotatable bonds is 5. The Morgan fingerprint density at radius 2 is 1.95 bits per heavy atom. The fraction of sp³-hybridized carbons (Fsp3) is 0.500. The Morgan fingerprint density at radius 3 is 2.59 bits per heavy atom. The maximum Gasteiger partial charge on any atom is 0.333 e. The zero-order valence-electron chi connectivity index (χ0n) is 12.7. The lowest BCUT2D eigenvalue weighted by atomic mass is 10.1. The van der Waals surface area contributed by atoms with Crippen LogP contribution in [0.25, 0.3) is 0 Å². The standard InChI is InChI=1S/C16H20O6/c1-16(2)21-12(8-13(22-16)15(18)19)9-14(17)20-10-11-6-4-3-5-7-11/h3-7,12-13H,8-10H2,1-2H3,(H,18,19). The number of hydrogen-bond donors (Lipinski definition) is 1. The molecule has 1 fully saturated rings. The van der Waals surface area contributed by atoms with Gasteiger partial charge in [-0.25, -0.2) is 4.79 Å². The summed E-state index contributed by atoms with van der Waals surface area (Å²) in [6.45, 7) is 3.45. The average molecular weight is 308 g/mol. The van der Waals surface area contributed by atoms with Crippen LogP contribution in [0.15, 0.2) is 30.3 Å². The largest absolute Gasteiger partial charge is 0.479 e. The number of carbonyl (C=O) groups is 2. The number of aliphatic carboxylic acids is 1. The van der Waals surface area contributed by atoms with Crippen LogP contribution < -0.4 is 0 Å². The highest BCUT2D eigenvalue weighted by Gasteiger charge is 2.39. The highest BCUT2D eigenvalue weighted by molar-refractivity contribution is 5.73. The highest BCUT2D eigenvalue weighted by Crippen LogP contribution is 2.28. The van der Waals surface area contributed by atoms with E-state index in [1.807, 2.05) is 30.3 Å². The van der Waals surface area contributed by atoms with Gasteiger partial charge in [-0.1, -0.05) is 30.3 Å². The van der Waals surface area contributed by atoms with Gasteiger partial charge in [-0.15, -0.1) is 0 Å². The first kappa shape index (κ1) is 16.5. The van der Waals surface area contributed by atoms with E-state index < -0.39 is 29.9 Å². The number of hydrogen-bond acceptors (Lipinski definition) is 5. The van der Waals surface area contributed by atoms with E-state index in [0.717, 1.165) is 5.56 Å². The SMILES string of the molecule is CC1(C)OC(CC(=O)OCc2ccccc2)CC(C(=O)O)O1. The van der Waals surface area contributed by atoms with Crippen LogP contribution in [0.3, 0.4) is 0 Å². The summed E-state index contributed by atoms with van der Waals surface area (Å²) in [4.78, 5) is 23.0. The molecule has 2 atom stereocenters. The van der Waals surface area contributed by atoms with Gasteiger partial charge in [0, 0.05) is 6.42 Å². The van der Waals surface area contributed by atoms with E-state index in [0.29, 0.717) is 0 Å². The molecule has 22 heavy (non-hydrogen) atoms. The van der Waals surface area contributed by atoms with Gasteiger partial charge >= 0.3 is 11.9 Å². The second-order valence-electron chi connectivity index (χ2n) is 5.67. The molecule has 0 radical (unpaired) electrons. The second kappa shape index (κ2) is 6.89. The molecule has 1 aromatic rings. The molecule has 0 saturated carbocycles. The number of benzene rings is 1. The maximum atomic E-state index is 11.9. The summed E-state index contributed by atoms with van der Waals surface area (Å²) in [5, 5.41) is 9.08. The van der Waals surface area contributed by atoms with Gasteiger partial charge in [0.25, 0.3) is 0 Å². The zero-order chi connectivity index (χ0) is 16.2. The van der Waals surface area contributed by atoms with E-state index in [-0.39, 0.29) is 19.4 Å². The quantitative estimate of drug-likeness (QED) is 0.839. The number of carboxylic acid groups (broad SMARTS) is 1. The molecule has 1 aliphatic rings. The molecule has 6 heteroatoms. The second-order valence-corrected chi connectivity index (χ2v) is 5.67. The molecule has 1 aromatic carbocycles. The van der Waals surface area contributed by atoms with E-state index in [2.05, 4.69) is 0 Å². The van der Waals surface area contributed by atoms with Crippen LogP contribution in [0.1, 0.15) is 32.3 Å². The van der Waals surface area contributed by atoms with Gasteiger partial charge in [0.2, 0.25) is 0 Å². The molecule has 1 saturated heterocycles. The summed E-state index contributed by atoms with van der Waals surface area (Å²) in [7, 11) is 0. The summed E-state index contributed by atoms with van der Waals surface area (Å²) >= 11 is 0. The number of esters is 1. The maximum absolute atomic E-state index is 11.9. The molecule has 0 amide bonds. The number of ether oxygens (including phenoxy) is 3. The molecule has 1 N–H and O–H groups in total. The van der Waals surface area contributed by atoms with Gasteiger partial charge in [0.05, 0.1) is 12.5 Å². The van der Waals surface area contributed by atoms with E-state index in [9.17, 15) is 9.59 Å². The lowest BCUT2D eigenvalue weighted by molar-refractivity contribution is -0.297. The highest BCUT2D eigenvalue weighted by atomic mass is 16.7. The minimum absolute atomic E-state index is 0.00338. The van der Waals surface area contributed by atoms with Crippen molar-refractivity contribution in [3.8, 4) is 0 Å². The molecule has 120 valence electrons. The van der Waals surface area contributed by atoms with Crippen LogP contribution in [-0.4, -0.2) is 35.0 Å². The van der Waals surface area contributed by atoms with Crippen molar-refractivity contribution < 1.29 is 28.9 Å². The van der Waals surface area contributed by atoms with Crippen LogP contribution in [0, 0.1) is 0 Å². The Kier molecular flexibility index (Phi) is 5.15. The van der Waals surface area contributed by atoms with Gasteiger partial charge in [-0.2, -0.15) is 0 Å². The van der Waals surface area contributed by atoms with Gasteiger partial charge in [-0.3, -0.25) is 4.79 Å². The van der Waals surface area contributed by atoms with Crippen molar-refractivity contribution in [2.45, 2.75) is 51.3 Å². The Bertz CT molecular complexity index is 525. The van der Waals surface area contributed by atoms with E-state index in [1.54, 1.807) is 13.8 Å². The lowest BCUT2D eigenvalue weighted by Gasteiger charge is -2.38. The predicted octanol–water partition coefficient (Wildman–Crippen LogP) is 2.11. The molecular formula is C16H20O6. The average Bonchev–Trinajstić information content (AvgIpc) is 2.44. The molecule has 6 nitrogen and oxygen atoms in total. The Balaban J connectivity index is 1.86. The molecular weight excluding hydrogens is 288 g/mol. The molecule has 0 spiro atoms.